The van der Waals surface area contributed by atoms with E-state index in [1.807, 2.05) is 18.2 Å². The lowest BCUT2D eigenvalue weighted by Crippen LogP contribution is -2.24. The Morgan fingerprint density at radius 3 is 2.33 bits per heavy atom. The molecule has 0 aliphatic rings. The van der Waals surface area contributed by atoms with Crippen LogP contribution in [0.15, 0.2) is 54.6 Å². The van der Waals surface area contributed by atoms with Gasteiger partial charge in [-0.15, -0.1) is 12.4 Å². The van der Waals surface area contributed by atoms with Crippen LogP contribution in [0.3, 0.4) is 0 Å². The number of hydrogen-bond donors (Lipinski definition) is 0. The second kappa shape index (κ2) is 10.4. The van der Waals surface area contributed by atoms with Crippen LogP contribution in [0.1, 0.15) is 37.3 Å². The molecule has 0 aliphatic heterocycles. The van der Waals surface area contributed by atoms with E-state index in [9.17, 15) is 0 Å². The van der Waals surface area contributed by atoms with Crippen LogP contribution in [0.5, 0.6) is 5.75 Å². The van der Waals surface area contributed by atoms with E-state index in [1.54, 1.807) is 0 Å². The molecule has 0 saturated heterocycles. The highest BCUT2D eigenvalue weighted by Crippen LogP contribution is 2.30. The van der Waals surface area contributed by atoms with Crippen LogP contribution in [0.4, 0.5) is 0 Å². The van der Waals surface area contributed by atoms with E-state index in [0.29, 0.717) is 18.4 Å². The third-order valence-corrected chi connectivity index (χ3v) is 4.31. The second-order valence-electron chi connectivity index (χ2n) is 6.60. The van der Waals surface area contributed by atoms with Crippen LogP contribution >= 0.6 is 12.4 Å². The number of benzene rings is 2. The molecule has 3 heteroatoms. The number of rotatable bonds is 8. The molecular weight excluding hydrogens is 318 g/mol. The highest BCUT2D eigenvalue weighted by atomic mass is 35.5. The predicted molar refractivity (Wildman–Crippen MR) is 105 cm³/mol. The Morgan fingerprint density at radius 2 is 1.71 bits per heavy atom. The Labute approximate surface area is 153 Å². The van der Waals surface area contributed by atoms with Crippen molar-refractivity contribution in [1.29, 1.82) is 0 Å². The van der Waals surface area contributed by atoms with Crippen molar-refractivity contribution in [3.8, 4) is 5.75 Å². The molecule has 132 valence electrons. The fourth-order valence-electron chi connectivity index (χ4n) is 3.25. The largest absolute Gasteiger partial charge is 0.489 e. The molecule has 0 radical (unpaired) electrons. The first-order valence-corrected chi connectivity index (χ1v) is 8.51. The molecule has 0 spiro atoms. The molecule has 2 rings (SSSR count). The summed E-state index contributed by atoms with van der Waals surface area (Å²) in [5.41, 5.74) is 2.58. The SMILES string of the molecule is CC[C@@H](c1cccc(OCc2ccccc2)c1)[C@@H](C)CN(C)C.Cl. The van der Waals surface area contributed by atoms with E-state index in [0.717, 1.165) is 18.7 Å². The molecule has 0 aliphatic carbocycles. The van der Waals surface area contributed by atoms with E-state index in [1.165, 1.54) is 11.1 Å². The lowest BCUT2D eigenvalue weighted by molar-refractivity contribution is 0.296. The minimum absolute atomic E-state index is 0. The van der Waals surface area contributed by atoms with Crippen LogP contribution in [0, 0.1) is 5.92 Å². The van der Waals surface area contributed by atoms with Gasteiger partial charge in [0.2, 0.25) is 0 Å². The number of halogens is 1. The highest BCUT2D eigenvalue weighted by Gasteiger charge is 2.18. The molecule has 0 saturated carbocycles. The predicted octanol–water partition coefficient (Wildman–Crippen LogP) is 5.38. The zero-order valence-electron chi connectivity index (χ0n) is 15.2. The van der Waals surface area contributed by atoms with Gasteiger partial charge in [-0.1, -0.05) is 56.3 Å². The second-order valence-corrected chi connectivity index (χ2v) is 6.60. The van der Waals surface area contributed by atoms with Gasteiger partial charge in [0.15, 0.2) is 0 Å². The van der Waals surface area contributed by atoms with Gasteiger partial charge in [-0.2, -0.15) is 0 Å². The Bertz CT molecular complexity index is 585. The topological polar surface area (TPSA) is 12.5 Å². The van der Waals surface area contributed by atoms with Crippen LogP contribution in [-0.2, 0) is 6.61 Å². The Hall–Kier alpha value is -1.51. The van der Waals surface area contributed by atoms with Crippen LogP contribution < -0.4 is 4.74 Å². The number of nitrogens with zero attached hydrogens (tertiary/aromatic N) is 1. The Balaban J connectivity index is 0.00000288. The number of hydrogen-bond acceptors (Lipinski definition) is 2. The maximum atomic E-state index is 5.98. The van der Waals surface area contributed by atoms with Gasteiger partial charge in [-0.3, -0.25) is 0 Å². The molecule has 0 N–H and O–H groups in total. The highest BCUT2D eigenvalue weighted by molar-refractivity contribution is 5.85. The van der Waals surface area contributed by atoms with Crippen molar-refractivity contribution in [1.82, 2.24) is 4.90 Å². The smallest absolute Gasteiger partial charge is 0.120 e. The average Bonchev–Trinajstić information content (AvgIpc) is 2.54. The van der Waals surface area contributed by atoms with Gasteiger partial charge in [0.05, 0.1) is 0 Å². The first-order chi connectivity index (χ1) is 11.1. The third kappa shape index (κ3) is 6.18. The van der Waals surface area contributed by atoms with Crippen molar-refractivity contribution in [2.24, 2.45) is 5.92 Å². The molecule has 0 fully saturated rings. The summed E-state index contributed by atoms with van der Waals surface area (Å²) in [7, 11) is 4.28. The van der Waals surface area contributed by atoms with Crippen molar-refractivity contribution in [2.45, 2.75) is 32.8 Å². The van der Waals surface area contributed by atoms with E-state index >= 15 is 0 Å². The summed E-state index contributed by atoms with van der Waals surface area (Å²) in [5, 5.41) is 0. The van der Waals surface area contributed by atoms with Gasteiger partial charge in [-0.05, 0) is 55.6 Å². The van der Waals surface area contributed by atoms with Crippen molar-refractivity contribution in [3.63, 3.8) is 0 Å². The molecular formula is C21H30ClNO. The van der Waals surface area contributed by atoms with Crippen molar-refractivity contribution in [3.05, 3.63) is 65.7 Å². The Morgan fingerprint density at radius 1 is 1.00 bits per heavy atom. The minimum atomic E-state index is 0. The summed E-state index contributed by atoms with van der Waals surface area (Å²) in [6, 6.07) is 18.9. The van der Waals surface area contributed by atoms with Crippen LogP contribution in [-0.4, -0.2) is 25.5 Å². The quantitative estimate of drug-likeness (QED) is 0.635. The maximum absolute atomic E-state index is 5.98. The van der Waals surface area contributed by atoms with Crippen molar-refractivity contribution < 1.29 is 4.74 Å². The standard InChI is InChI=1S/C21H29NO.ClH/c1-5-21(17(2)15-22(3)4)19-12-9-13-20(14-19)23-16-18-10-7-6-8-11-18;/h6-14,17,21H,5,15-16H2,1-4H3;1H/t17-,21+;/m0./s1. The molecule has 0 heterocycles. The lowest BCUT2D eigenvalue weighted by Gasteiger charge is -2.26. The number of ether oxygens (including phenoxy) is 1. The molecule has 0 unspecified atom stereocenters. The Kier molecular flexibility index (Phi) is 8.88. The monoisotopic (exact) mass is 347 g/mol. The van der Waals surface area contributed by atoms with Gasteiger partial charge in [0.25, 0.3) is 0 Å². The molecule has 0 bridgehead atoms. The first kappa shape index (κ1) is 20.5. The van der Waals surface area contributed by atoms with Gasteiger partial charge in [0.1, 0.15) is 12.4 Å². The minimum Gasteiger partial charge on any atom is -0.489 e. The van der Waals surface area contributed by atoms with Gasteiger partial charge in [0, 0.05) is 6.54 Å². The average molecular weight is 348 g/mol. The van der Waals surface area contributed by atoms with Crippen molar-refractivity contribution in [2.75, 3.05) is 20.6 Å². The summed E-state index contributed by atoms with van der Waals surface area (Å²) < 4.78 is 5.98. The zero-order valence-corrected chi connectivity index (χ0v) is 16.1. The maximum Gasteiger partial charge on any atom is 0.120 e. The molecule has 0 aromatic heterocycles. The van der Waals surface area contributed by atoms with Gasteiger partial charge >= 0.3 is 0 Å². The molecule has 24 heavy (non-hydrogen) atoms. The van der Waals surface area contributed by atoms with Gasteiger partial charge < -0.3 is 9.64 Å². The van der Waals surface area contributed by atoms with Crippen LogP contribution in [0.2, 0.25) is 0 Å². The van der Waals surface area contributed by atoms with E-state index in [4.69, 9.17) is 4.74 Å². The van der Waals surface area contributed by atoms with Crippen LogP contribution in [0.25, 0.3) is 0 Å². The first-order valence-electron chi connectivity index (χ1n) is 8.51. The summed E-state index contributed by atoms with van der Waals surface area (Å²) in [6.45, 7) is 6.34. The van der Waals surface area contributed by atoms with Gasteiger partial charge in [-0.25, -0.2) is 0 Å². The summed E-state index contributed by atoms with van der Waals surface area (Å²) >= 11 is 0. The third-order valence-electron chi connectivity index (χ3n) is 4.31. The van der Waals surface area contributed by atoms with E-state index in [2.05, 4.69) is 69.2 Å². The lowest BCUT2D eigenvalue weighted by atomic mass is 9.85. The normalized spacial score (nSPS) is 13.2. The molecule has 2 aromatic rings. The van der Waals surface area contributed by atoms with E-state index < -0.39 is 0 Å². The van der Waals surface area contributed by atoms with Crippen molar-refractivity contribution >= 4 is 12.4 Å². The molecule has 2 nitrogen and oxygen atoms in total. The fourth-order valence-corrected chi connectivity index (χ4v) is 3.25. The van der Waals surface area contributed by atoms with E-state index in [-0.39, 0.29) is 12.4 Å². The molecule has 2 aromatic carbocycles. The summed E-state index contributed by atoms with van der Waals surface area (Å²) in [4.78, 5) is 2.27. The molecule has 0 amide bonds. The fraction of sp³-hybridized carbons (Fsp3) is 0.429. The molecule has 2 atom stereocenters. The summed E-state index contributed by atoms with van der Waals surface area (Å²) in [6.07, 6.45) is 1.15. The zero-order chi connectivity index (χ0) is 16.7. The summed E-state index contributed by atoms with van der Waals surface area (Å²) in [5.74, 6) is 2.15.